The zero-order chi connectivity index (χ0) is 9.19. The fourth-order valence-electron chi connectivity index (χ4n) is 0.841. The summed E-state index contributed by atoms with van der Waals surface area (Å²) in [5.74, 6) is 0. The molecule has 1 aromatic rings. The molecule has 0 fully saturated rings. The van der Waals surface area contributed by atoms with Crippen LogP contribution >= 0.6 is 0 Å². The van der Waals surface area contributed by atoms with Crippen LogP contribution in [0.1, 0.15) is 5.56 Å². The first-order valence-corrected chi connectivity index (χ1v) is 3.46. The molecular weight excluding hydrogens is 164 g/mol. The maximum Gasteiger partial charge on any atom is 0.509 e. The summed E-state index contributed by atoms with van der Waals surface area (Å²) in [7, 11) is 0. The van der Waals surface area contributed by atoms with Crippen LogP contribution in [0.25, 0.3) is 5.47 Å². The lowest BCUT2D eigenvalue weighted by molar-refractivity contribution is 0.503. The van der Waals surface area contributed by atoms with E-state index in [1.165, 1.54) is 12.1 Å². The van der Waals surface area contributed by atoms with Crippen molar-refractivity contribution in [3.63, 3.8) is 0 Å². The van der Waals surface area contributed by atoms with E-state index in [1.807, 2.05) is 0 Å². The number of benzene rings is 1. The van der Waals surface area contributed by atoms with Crippen LogP contribution in [0.3, 0.4) is 0 Å². The molecule has 0 heterocycles. The van der Waals surface area contributed by atoms with E-state index in [-0.39, 0.29) is 5.56 Å². The van der Waals surface area contributed by atoms with E-state index < -0.39 is 12.4 Å². The molecule has 1 rings (SSSR count). The van der Waals surface area contributed by atoms with Crippen molar-refractivity contribution < 1.29 is 12.9 Å². The molecule has 64 valence electrons. The Hall–Kier alpha value is -1.19. The Bertz CT molecular complexity index is 276. The first-order chi connectivity index (χ1) is 5.52. The summed E-state index contributed by atoms with van der Waals surface area (Å²) in [6, 6.07) is 7.58. The molecule has 0 aliphatic rings. The van der Waals surface area contributed by atoms with Crippen molar-refractivity contribution in [2.24, 2.45) is 0 Å². The van der Waals surface area contributed by atoms with Crippen molar-refractivity contribution in [3.05, 3.63) is 42.5 Å². The molecule has 1 aromatic carbocycles. The molecule has 0 aliphatic heterocycles. The summed E-state index contributed by atoms with van der Waals surface area (Å²) >= 11 is 0. The van der Waals surface area contributed by atoms with Crippen LogP contribution in [-0.4, -0.2) is 6.98 Å². The molecule has 0 aliphatic carbocycles. The minimum absolute atomic E-state index is 0.144. The van der Waals surface area contributed by atoms with E-state index in [0.29, 0.717) is 0 Å². The van der Waals surface area contributed by atoms with Gasteiger partial charge in [0.1, 0.15) is 0 Å². The molecule has 0 bridgehead atoms. The molecule has 0 saturated carbocycles. The molecule has 0 unspecified atom stereocenters. The maximum atomic E-state index is 12.1. The summed E-state index contributed by atoms with van der Waals surface area (Å²) < 4.78 is 36.3. The van der Waals surface area contributed by atoms with Crippen molar-refractivity contribution in [2.45, 2.75) is 0 Å². The van der Waals surface area contributed by atoms with Gasteiger partial charge in [0, 0.05) is 0 Å². The molecule has 0 spiro atoms. The Morgan fingerprint density at radius 3 is 2.00 bits per heavy atom. The highest BCUT2D eigenvalue weighted by atomic mass is 19.4. The number of rotatable bonds is 2. The third kappa shape index (κ3) is 1.90. The van der Waals surface area contributed by atoms with Crippen LogP contribution in [0.4, 0.5) is 12.9 Å². The largest absolute Gasteiger partial charge is 0.509 e. The first-order valence-electron chi connectivity index (χ1n) is 3.46. The van der Waals surface area contributed by atoms with Crippen LogP contribution in [0.5, 0.6) is 0 Å². The Morgan fingerprint density at radius 1 is 1.08 bits per heavy atom. The third-order valence-corrected chi connectivity index (χ3v) is 1.54. The van der Waals surface area contributed by atoms with Gasteiger partial charge in [-0.05, 0) is 0 Å². The molecule has 0 nitrogen and oxygen atoms in total. The van der Waals surface area contributed by atoms with Gasteiger partial charge in [-0.1, -0.05) is 35.9 Å². The number of hydrogen-bond acceptors (Lipinski definition) is 0. The summed E-state index contributed by atoms with van der Waals surface area (Å²) in [6.45, 7) is -1.95. The lowest BCUT2D eigenvalue weighted by Crippen LogP contribution is -2.17. The van der Waals surface area contributed by atoms with E-state index in [4.69, 9.17) is 0 Å². The van der Waals surface area contributed by atoms with Crippen molar-refractivity contribution in [1.29, 1.82) is 0 Å². The zero-order valence-corrected chi connectivity index (χ0v) is 6.31. The first kappa shape index (κ1) is 8.91. The smallest absolute Gasteiger partial charge is 0.445 e. The van der Waals surface area contributed by atoms with Crippen molar-refractivity contribution in [1.82, 2.24) is 0 Å². The van der Waals surface area contributed by atoms with Gasteiger partial charge >= 0.3 is 6.98 Å². The normalized spacial score (nSPS) is 11.2. The van der Waals surface area contributed by atoms with Crippen molar-refractivity contribution >= 4 is 12.4 Å². The lowest BCUT2D eigenvalue weighted by Gasteiger charge is -2.17. The monoisotopic (exact) mass is 171 g/mol. The van der Waals surface area contributed by atoms with Gasteiger partial charge in [0.2, 0.25) is 0 Å². The highest BCUT2D eigenvalue weighted by Crippen LogP contribution is 2.26. The molecule has 12 heavy (non-hydrogen) atoms. The molecule has 0 radical (unpaired) electrons. The van der Waals surface area contributed by atoms with Crippen molar-refractivity contribution in [2.75, 3.05) is 0 Å². The minimum atomic E-state index is -4.95. The lowest BCUT2D eigenvalue weighted by atomic mass is 9.76. The van der Waals surface area contributed by atoms with Gasteiger partial charge in [0.15, 0.2) is 0 Å². The van der Waals surface area contributed by atoms with E-state index in [9.17, 15) is 12.9 Å². The van der Waals surface area contributed by atoms with Crippen LogP contribution < -0.4 is 0 Å². The van der Waals surface area contributed by atoms with Gasteiger partial charge in [-0.2, -0.15) is 0 Å². The second-order valence-electron chi connectivity index (χ2n) is 2.47. The Balaban J connectivity index is 2.94. The molecule has 0 saturated heterocycles. The Labute approximate surface area is 68.8 Å². The summed E-state index contributed by atoms with van der Waals surface area (Å²) in [4.78, 5) is 0. The quantitative estimate of drug-likeness (QED) is 0.599. The van der Waals surface area contributed by atoms with E-state index >= 15 is 0 Å². The standard InChI is InChI=1S/C8H7BF3/c1-7(9(10,11)12)8-5-3-2-4-6-8/h2-6H,1H2/q-1. The summed E-state index contributed by atoms with van der Waals surface area (Å²) in [5.41, 5.74) is -0.597. The zero-order valence-electron chi connectivity index (χ0n) is 6.31. The molecule has 4 heteroatoms. The van der Waals surface area contributed by atoms with Crippen LogP contribution in [0.2, 0.25) is 0 Å². The number of hydrogen-bond donors (Lipinski definition) is 0. The summed E-state index contributed by atoms with van der Waals surface area (Å²) in [6.07, 6.45) is 0. The second-order valence-corrected chi connectivity index (χ2v) is 2.47. The van der Waals surface area contributed by atoms with Gasteiger partial charge in [-0.3, -0.25) is 0 Å². The van der Waals surface area contributed by atoms with Gasteiger partial charge in [-0.15, -0.1) is 12.1 Å². The minimum Gasteiger partial charge on any atom is -0.445 e. The molecule has 0 amide bonds. The van der Waals surface area contributed by atoms with Gasteiger partial charge in [0.05, 0.1) is 0 Å². The number of halogens is 3. The average Bonchev–Trinajstić information content (AvgIpc) is 2.03. The molecule has 0 aromatic heterocycles. The third-order valence-electron chi connectivity index (χ3n) is 1.54. The summed E-state index contributed by atoms with van der Waals surface area (Å²) in [5, 5.41) is 0. The van der Waals surface area contributed by atoms with Crippen LogP contribution in [0, 0.1) is 0 Å². The Morgan fingerprint density at radius 2 is 1.58 bits per heavy atom. The highest BCUT2D eigenvalue weighted by Gasteiger charge is 2.27. The predicted octanol–water partition coefficient (Wildman–Crippen LogP) is 3.09. The van der Waals surface area contributed by atoms with Gasteiger partial charge in [-0.25, -0.2) is 0 Å². The fraction of sp³-hybridized carbons (Fsp3) is 0. The van der Waals surface area contributed by atoms with Crippen LogP contribution in [-0.2, 0) is 0 Å². The van der Waals surface area contributed by atoms with E-state index in [2.05, 4.69) is 6.58 Å². The maximum absolute atomic E-state index is 12.1. The fourth-order valence-corrected chi connectivity index (χ4v) is 0.841. The van der Waals surface area contributed by atoms with Gasteiger partial charge in [0.25, 0.3) is 0 Å². The average molecular weight is 171 g/mol. The van der Waals surface area contributed by atoms with Crippen molar-refractivity contribution in [3.8, 4) is 0 Å². The topological polar surface area (TPSA) is 0 Å². The van der Waals surface area contributed by atoms with E-state index in [0.717, 1.165) is 0 Å². The molecule has 0 N–H and O–H groups in total. The molecule has 0 atom stereocenters. The second kappa shape index (κ2) is 3.05. The SMILES string of the molecule is C=C(c1ccccc1)[B-](F)(F)F. The van der Waals surface area contributed by atoms with Gasteiger partial charge < -0.3 is 12.9 Å². The highest BCUT2D eigenvalue weighted by molar-refractivity contribution is 6.79. The molecular formula is C8H7BF3-. The Kier molecular flexibility index (Phi) is 2.26. The van der Waals surface area contributed by atoms with Crippen LogP contribution in [0.15, 0.2) is 36.9 Å². The predicted molar refractivity (Wildman–Crippen MR) is 44.6 cm³/mol. The van der Waals surface area contributed by atoms with E-state index in [1.54, 1.807) is 18.2 Å².